The van der Waals surface area contributed by atoms with Crippen molar-refractivity contribution in [1.29, 1.82) is 0 Å². The smallest absolute Gasteiger partial charge is 0.255 e. The lowest BCUT2D eigenvalue weighted by Crippen LogP contribution is -2.25. The minimum Gasteiger partial charge on any atom is -0.470 e. The SMILES string of the molecule is CNC(=O)c1c(-c2ccc(Oc3ccc(F)cc3)nc2)oc2cc(N(C)S(C)(=O)=O)c(-c3ccc4c(n3)-c3cc5c(F)cccc5n3CO4)cc12.CNC(=O)c1c(-c2ccc(Oc3ccc(F)cc3)nc2)oc2cc(N(C)S(C)(=O)=O)c(C)cc12.Fc1cccc2c1cc1n2COc2ccc(Cl)nc2-1. The van der Waals surface area contributed by atoms with Crippen LogP contribution < -0.4 is 38.2 Å². The largest absolute Gasteiger partial charge is 0.470 e. The molecule has 0 atom stereocenters. The summed E-state index contributed by atoms with van der Waals surface area (Å²) in [4.78, 5) is 44.0. The molecule has 2 N–H and O–H groups in total. The van der Waals surface area contributed by atoms with Gasteiger partial charge in [0.05, 0.1) is 63.1 Å². The van der Waals surface area contributed by atoms with Gasteiger partial charge in [-0.15, -0.1) is 0 Å². The number of hydrogen-bond acceptors (Lipinski definition) is 16. The standard InChI is InChI=1S/C37H27F2N5O6S.C24H22FN3O5S.C14H8ClFN2O/c1-40-37(45)34-25-15-24(27-12-13-31-35(42-27)30-16-23-26(39)5-4-6-28(23)44(30)19-48-31)29(43(2)51(3,46)47)17-32(25)50-36(34)20-7-14-33(41-18-20)49-22-10-8-21(38)9-11-22;1-14-11-18-20(12-19(14)28(3)34(4,30)31)33-23(22(18)24(29)26-2)15-5-10-21(27-13-15)32-17-8-6-16(25)7-9-17;15-13-5-4-12-14(17-13)11-6-8-9(16)2-1-3-10(8)18(11)7-19-12/h4-18H,19H2,1-3H3,(H,40,45);5-13H,1-4H3,(H,26,29);1-6H,7H2. The van der Waals surface area contributed by atoms with Gasteiger partial charge < -0.3 is 47.5 Å². The third-order valence-corrected chi connectivity index (χ3v) is 20.0. The van der Waals surface area contributed by atoms with Gasteiger partial charge in [0.25, 0.3) is 11.8 Å². The summed E-state index contributed by atoms with van der Waals surface area (Å²) in [7, 11) is -1.40. The number of nitrogens with one attached hydrogen (secondary N) is 2. The number of anilines is 2. The van der Waals surface area contributed by atoms with Gasteiger partial charge in [-0.3, -0.25) is 18.2 Å². The van der Waals surface area contributed by atoms with Crippen LogP contribution in [-0.4, -0.2) is 98.4 Å². The predicted molar refractivity (Wildman–Crippen MR) is 385 cm³/mol. The highest BCUT2D eigenvalue weighted by molar-refractivity contribution is 7.92. The molecule has 0 fully saturated rings. The van der Waals surface area contributed by atoms with E-state index in [9.17, 15) is 44.0 Å². The van der Waals surface area contributed by atoms with Crippen molar-refractivity contribution in [3.8, 4) is 91.4 Å². The molecule has 14 aromatic rings. The van der Waals surface area contributed by atoms with Gasteiger partial charge in [0, 0.05) is 103 Å². The van der Waals surface area contributed by atoms with Crippen molar-refractivity contribution in [1.82, 2.24) is 39.7 Å². The summed E-state index contributed by atoms with van der Waals surface area (Å²) in [6.45, 7) is 2.27. The fraction of sp³-hybridized carbons (Fsp3) is 0.120. The highest BCUT2D eigenvalue weighted by Gasteiger charge is 2.31. The molecule has 0 aliphatic carbocycles. The fourth-order valence-corrected chi connectivity index (χ4v) is 13.3. The number of sulfonamides is 2. The molecule has 2 aliphatic rings. The Morgan fingerprint density at radius 1 is 0.538 bits per heavy atom. The van der Waals surface area contributed by atoms with E-state index in [0.29, 0.717) is 124 Å². The van der Waals surface area contributed by atoms with Crippen molar-refractivity contribution in [2.24, 2.45) is 0 Å². The van der Waals surface area contributed by atoms with Gasteiger partial charge in [-0.05, 0) is 146 Å². The molecule has 104 heavy (non-hydrogen) atoms. The van der Waals surface area contributed by atoms with E-state index in [1.807, 2.05) is 15.2 Å². The Balaban J connectivity index is 0.000000147. The minimum absolute atomic E-state index is 0.159. The molecular weight excluding hydrogens is 1410 g/mol. The van der Waals surface area contributed by atoms with Crippen LogP contribution in [0.5, 0.6) is 34.8 Å². The molecule has 0 bridgehead atoms. The number of amides is 2. The van der Waals surface area contributed by atoms with Crippen molar-refractivity contribution in [3.63, 3.8) is 0 Å². The summed E-state index contributed by atoms with van der Waals surface area (Å²) < 4.78 is 146. The maximum Gasteiger partial charge on any atom is 0.255 e. The van der Waals surface area contributed by atoms with Crippen LogP contribution in [0.1, 0.15) is 26.3 Å². The molecule has 2 aliphatic heterocycles. The molecule has 0 saturated heterocycles. The quantitative estimate of drug-likeness (QED) is 0.0803. The zero-order valence-corrected chi connectivity index (χ0v) is 58.3. The first-order chi connectivity index (χ1) is 49.8. The Labute approximate surface area is 595 Å². The number of halogens is 5. The summed E-state index contributed by atoms with van der Waals surface area (Å²) in [5.74, 6) is 0.728. The van der Waals surface area contributed by atoms with E-state index in [1.54, 1.807) is 110 Å². The molecule has 526 valence electrons. The molecule has 10 heterocycles. The fourth-order valence-electron chi connectivity index (χ4n) is 12.1. The van der Waals surface area contributed by atoms with Crippen molar-refractivity contribution in [2.45, 2.75) is 20.4 Å². The van der Waals surface area contributed by atoms with Crippen molar-refractivity contribution >= 4 is 98.6 Å². The van der Waals surface area contributed by atoms with Crippen molar-refractivity contribution in [3.05, 3.63) is 227 Å². The maximum atomic E-state index is 14.8. The van der Waals surface area contributed by atoms with Crippen LogP contribution in [0, 0.1) is 30.2 Å². The van der Waals surface area contributed by atoms with Crippen LogP contribution in [0.3, 0.4) is 0 Å². The van der Waals surface area contributed by atoms with Crippen LogP contribution in [0.25, 0.3) is 100 Å². The second-order valence-corrected chi connectivity index (χ2v) is 28.4. The normalized spacial score (nSPS) is 12.2. The van der Waals surface area contributed by atoms with Gasteiger partial charge in [0.2, 0.25) is 31.8 Å². The summed E-state index contributed by atoms with van der Waals surface area (Å²) in [5.41, 5.74) is 8.16. The molecule has 29 heteroatoms. The molecule has 16 rings (SSSR count). The van der Waals surface area contributed by atoms with E-state index in [4.69, 9.17) is 44.4 Å². The van der Waals surface area contributed by atoms with Crippen LogP contribution in [-0.2, 0) is 33.5 Å². The first-order valence-electron chi connectivity index (χ1n) is 31.6. The Bertz CT molecular complexity index is 6020. The molecule has 2 amide bonds. The number of carbonyl (C=O) groups is 2. The summed E-state index contributed by atoms with van der Waals surface area (Å²) >= 11 is 5.92. The van der Waals surface area contributed by atoms with E-state index in [-0.39, 0.29) is 70.2 Å². The number of pyridine rings is 4. The topological polar surface area (TPSA) is 258 Å². The lowest BCUT2D eigenvalue weighted by atomic mass is 10.0. The lowest BCUT2D eigenvalue weighted by molar-refractivity contribution is 0.0956. The number of furan rings is 2. The van der Waals surface area contributed by atoms with Crippen LogP contribution >= 0.6 is 11.6 Å². The van der Waals surface area contributed by atoms with Gasteiger partial charge in [-0.25, -0.2) is 54.3 Å². The van der Waals surface area contributed by atoms with E-state index in [0.717, 1.165) is 32.3 Å². The average Bonchev–Trinajstić information content (AvgIpc) is 1.55. The number of nitrogens with zero attached hydrogens (tertiary/aromatic N) is 8. The predicted octanol–water partition coefficient (Wildman–Crippen LogP) is 15.7. The second-order valence-electron chi connectivity index (χ2n) is 23.9. The molecule has 0 radical (unpaired) electrons. The molecule has 0 unspecified atom stereocenters. The zero-order valence-electron chi connectivity index (χ0n) is 55.9. The highest BCUT2D eigenvalue weighted by atomic mass is 35.5. The number of aromatic nitrogens is 6. The minimum atomic E-state index is -3.78. The van der Waals surface area contributed by atoms with Gasteiger partial charge in [0.15, 0.2) is 13.5 Å². The highest BCUT2D eigenvalue weighted by Crippen LogP contribution is 2.46. The maximum absolute atomic E-state index is 14.8. The molecule has 0 saturated carbocycles. The first-order valence-corrected chi connectivity index (χ1v) is 35.7. The zero-order chi connectivity index (χ0) is 73.2. The Morgan fingerprint density at radius 2 is 0.990 bits per heavy atom. The van der Waals surface area contributed by atoms with Gasteiger partial charge in [-0.1, -0.05) is 23.7 Å². The molecule has 8 aromatic heterocycles. The van der Waals surface area contributed by atoms with Gasteiger partial charge in [0.1, 0.15) is 85.5 Å². The van der Waals surface area contributed by atoms with Gasteiger partial charge >= 0.3 is 0 Å². The Morgan fingerprint density at radius 3 is 1.45 bits per heavy atom. The third kappa shape index (κ3) is 13.2. The number of benzene rings is 6. The average molecular weight is 1470 g/mol. The monoisotopic (exact) mass is 1460 g/mol. The third-order valence-electron chi connectivity index (χ3n) is 17.4. The summed E-state index contributed by atoms with van der Waals surface area (Å²) in [6.07, 6.45) is 5.16. The lowest BCUT2D eigenvalue weighted by Gasteiger charge is -2.23. The summed E-state index contributed by atoms with van der Waals surface area (Å²) in [5, 5.41) is 7.59. The number of fused-ring (bicyclic) bond motifs is 12. The molecule has 22 nitrogen and oxygen atoms in total. The van der Waals surface area contributed by atoms with Crippen LogP contribution in [0.15, 0.2) is 191 Å². The van der Waals surface area contributed by atoms with E-state index >= 15 is 0 Å². The van der Waals surface area contributed by atoms with Crippen LogP contribution in [0.4, 0.5) is 28.9 Å². The van der Waals surface area contributed by atoms with E-state index in [2.05, 4.69) is 25.6 Å². The summed E-state index contributed by atoms with van der Waals surface area (Å²) in [6, 6.07) is 44.3. The Kier molecular flexibility index (Phi) is 18.0. The number of aryl methyl sites for hydroxylation is 1. The number of rotatable bonds is 13. The van der Waals surface area contributed by atoms with Gasteiger partial charge in [-0.2, -0.15) is 0 Å². The number of ether oxygens (including phenoxy) is 4. The number of hydrogen-bond donors (Lipinski definition) is 2. The molecule has 6 aromatic carbocycles. The second kappa shape index (κ2) is 27.3. The van der Waals surface area contributed by atoms with E-state index in [1.165, 1.54) is 101 Å². The Hall–Kier alpha value is -12.3. The number of carbonyl (C=O) groups excluding carboxylic acids is 2. The van der Waals surface area contributed by atoms with E-state index < -0.39 is 31.8 Å². The van der Waals surface area contributed by atoms with Crippen molar-refractivity contribution in [2.75, 3.05) is 49.3 Å². The van der Waals surface area contributed by atoms with Crippen LogP contribution in [0.2, 0.25) is 5.15 Å². The molecule has 0 spiro atoms. The van der Waals surface area contributed by atoms with Crippen molar-refractivity contribution < 1.29 is 71.8 Å². The first kappa shape index (κ1) is 68.8. The molecular formula is C75H57ClF4N10O12S2.